The van der Waals surface area contributed by atoms with Crippen molar-refractivity contribution < 1.29 is 18.8 Å². The summed E-state index contributed by atoms with van der Waals surface area (Å²) in [5, 5.41) is 0. The molecule has 0 unspecified atom stereocenters. The molecule has 1 aromatic heterocycles. The molecule has 2 aliphatic rings. The van der Waals surface area contributed by atoms with E-state index in [1.165, 1.54) is 0 Å². The molecule has 1 fully saturated rings. The van der Waals surface area contributed by atoms with Crippen LogP contribution in [0.25, 0.3) is 0 Å². The van der Waals surface area contributed by atoms with Crippen LogP contribution in [0.4, 0.5) is 0 Å². The SMILES string of the molecule is O=C1c2ccc(Br)cc2C(=O)N1CCC(=O)N(Cc1ccco1)C1CC1. The molecule has 1 aliphatic carbocycles. The quantitative estimate of drug-likeness (QED) is 0.677. The van der Waals surface area contributed by atoms with Gasteiger partial charge in [0.1, 0.15) is 5.76 Å². The van der Waals surface area contributed by atoms with Crippen LogP contribution >= 0.6 is 15.9 Å². The number of hydrogen-bond acceptors (Lipinski definition) is 4. The van der Waals surface area contributed by atoms with E-state index in [-0.39, 0.29) is 36.7 Å². The fraction of sp³-hybridized carbons (Fsp3) is 0.316. The van der Waals surface area contributed by atoms with E-state index in [1.54, 1.807) is 35.4 Å². The summed E-state index contributed by atoms with van der Waals surface area (Å²) in [5.74, 6) is -0.0186. The molecule has 1 aliphatic heterocycles. The molecule has 4 rings (SSSR count). The van der Waals surface area contributed by atoms with Crippen LogP contribution in [0, 0.1) is 0 Å². The van der Waals surface area contributed by atoms with Gasteiger partial charge >= 0.3 is 0 Å². The fourth-order valence-corrected chi connectivity index (χ4v) is 3.56. The van der Waals surface area contributed by atoms with Crippen LogP contribution in [0.2, 0.25) is 0 Å². The van der Waals surface area contributed by atoms with Gasteiger partial charge in [0.05, 0.1) is 23.9 Å². The number of carbonyl (C=O) groups is 3. The Morgan fingerprint density at radius 1 is 1.19 bits per heavy atom. The lowest BCUT2D eigenvalue weighted by molar-refractivity contribution is -0.132. The second kappa shape index (κ2) is 6.72. The molecular weight excluding hydrogens is 400 g/mol. The molecule has 0 spiro atoms. The van der Waals surface area contributed by atoms with Crippen molar-refractivity contribution in [1.29, 1.82) is 0 Å². The minimum atomic E-state index is -0.344. The van der Waals surface area contributed by atoms with Crippen molar-refractivity contribution in [2.45, 2.75) is 31.8 Å². The zero-order valence-electron chi connectivity index (χ0n) is 14.0. The summed E-state index contributed by atoms with van der Waals surface area (Å²) in [6.45, 7) is 0.510. The zero-order valence-corrected chi connectivity index (χ0v) is 15.6. The number of imide groups is 1. The Morgan fingerprint density at radius 2 is 1.96 bits per heavy atom. The Hall–Kier alpha value is -2.41. The van der Waals surface area contributed by atoms with Crippen LogP contribution < -0.4 is 0 Å². The molecular formula is C19H17BrN2O4. The molecule has 7 heteroatoms. The van der Waals surface area contributed by atoms with Crippen LogP contribution in [0.1, 0.15) is 45.7 Å². The molecule has 2 aromatic rings. The molecule has 134 valence electrons. The van der Waals surface area contributed by atoms with Gasteiger partial charge in [-0.05, 0) is 43.2 Å². The monoisotopic (exact) mass is 416 g/mol. The van der Waals surface area contributed by atoms with E-state index in [1.807, 2.05) is 6.07 Å². The van der Waals surface area contributed by atoms with Gasteiger partial charge in [0.25, 0.3) is 11.8 Å². The van der Waals surface area contributed by atoms with E-state index in [9.17, 15) is 14.4 Å². The first kappa shape index (κ1) is 17.0. The fourth-order valence-electron chi connectivity index (χ4n) is 3.19. The van der Waals surface area contributed by atoms with Crippen LogP contribution in [-0.4, -0.2) is 40.1 Å². The maximum atomic E-state index is 12.7. The van der Waals surface area contributed by atoms with Crippen molar-refractivity contribution in [2.24, 2.45) is 0 Å². The molecule has 0 bridgehead atoms. The Labute approximate surface area is 158 Å². The summed E-state index contributed by atoms with van der Waals surface area (Å²) < 4.78 is 6.08. The number of nitrogens with zero attached hydrogens (tertiary/aromatic N) is 2. The highest BCUT2D eigenvalue weighted by Gasteiger charge is 2.37. The molecule has 1 aromatic carbocycles. The van der Waals surface area contributed by atoms with E-state index >= 15 is 0 Å². The minimum absolute atomic E-state index is 0.0679. The average molecular weight is 417 g/mol. The zero-order chi connectivity index (χ0) is 18.3. The molecule has 2 heterocycles. The predicted octanol–water partition coefficient (Wildman–Crippen LogP) is 3.22. The van der Waals surface area contributed by atoms with Crippen molar-refractivity contribution in [1.82, 2.24) is 9.80 Å². The van der Waals surface area contributed by atoms with Crippen molar-refractivity contribution in [3.63, 3.8) is 0 Å². The van der Waals surface area contributed by atoms with Crippen molar-refractivity contribution in [3.8, 4) is 0 Å². The van der Waals surface area contributed by atoms with E-state index in [0.29, 0.717) is 17.7 Å². The lowest BCUT2D eigenvalue weighted by atomic mass is 10.1. The molecule has 26 heavy (non-hydrogen) atoms. The maximum absolute atomic E-state index is 12.7. The Bertz CT molecular complexity index is 874. The summed E-state index contributed by atoms with van der Waals surface area (Å²) in [4.78, 5) is 40.6. The van der Waals surface area contributed by atoms with Crippen molar-refractivity contribution in [3.05, 3.63) is 58.0 Å². The highest BCUT2D eigenvalue weighted by Crippen LogP contribution is 2.30. The van der Waals surface area contributed by atoms with Crippen LogP contribution in [0.5, 0.6) is 0 Å². The van der Waals surface area contributed by atoms with Gasteiger partial charge in [0.2, 0.25) is 5.91 Å². The number of benzene rings is 1. The first-order chi connectivity index (χ1) is 12.5. The van der Waals surface area contributed by atoms with Crippen LogP contribution in [-0.2, 0) is 11.3 Å². The van der Waals surface area contributed by atoms with Crippen LogP contribution in [0.3, 0.4) is 0 Å². The van der Waals surface area contributed by atoms with Gasteiger partial charge in [0, 0.05) is 23.5 Å². The lowest BCUT2D eigenvalue weighted by Gasteiger charge is -2.22. The van der Waals surface area contributed by atoms with Gasteiger partial charge in [-0.1, -0.05) is 15.9 Å². The van der Waals surface area contributed by atoms with E-state index in [0.717, 1.165) is 28.0 Å². The first-order valence-electron chi connectivity index (χ1n) is 8.52. The molecule has 6 nitrogen and oxygen atoms in total. The number of hydrogen-bond donors (Lipinski definition) is 0. The van der Waals surface area contributed by atoms with Crippen molar-refractivity contribution >= 4 is 33.7 Å². The summed E-state index contributed by atoms with van der Waals surface area (Å²) >= 11 is 3.31. The summed E-state index contributed by atoms with van der Waals surface area (Å²) in [6.07, 6.45) is 3.66. The van der Waals surface area contributed by atoms with Gasteiger partial charge < -0.3 is 9.32 Å². The summed E-state index contributed by atoms with van der Waals surface area (Å²) in [7, 11) is 0. The summed E-state index contributed by atoms with van der Waals surface area (Å²) in [6, 6.07) is 8.87. The third-order valence-corrected chi connectivity index (χ3v) is 5.19. The molecule has 0 atom stereocenters. The Balaban J connectivity index is 1.42. The van der Waals surface area contributed by atoms with E-state index in [2.05, 4.69) is 15.9 Å². The standard InChI is InChI=1S/C19H17BrN2O4/c20-12-3-6-15-16(10-12)19(25)21(18(15)24)8-7-17(23)22(13-4-5-13)11-14-2-1-9-26-14/h1-3,6,9-10,13H,4-5,7-8,11H2. The normalized spacial score (nSPS) is 16.1. The van der Waals surface area contributed by atoms with E-state index in [4.69, 9.17) is 4.42 Å². The average Bonchev–Trinajstić information content (AvgIpc) is 3.28. The van der Waals surface area contributed by atoms with Gasteiger partial charge in [0.15, 0.2) is 0 Å². The predicted molar refractivity (Wildman–Crippen MR) is 96.4 cm³/mol. The summed E-state index contributed by atoms with van der Waals surface area (Å²) in [5.41, 5.74) is 0.770. The van der Waals surface area contributed by atoms with Crippen molar-refractivity contribution in [2.75, 3.05) is 6.54 Å². The molecule has 0 N–H and O–H groups in total. The van der Waals surface area contributed by atoms with E-state index < -0.39 is 0 Å². The minimum Gasteiger partial charge on any atom is -0.467 e. The Morgan fingerprint density at radius 3 is 2.65 bits per heavy atom. The number of furan rings is 1. The first-order valence-corrected chi connectivity index (χ1v) is 9.31. The van der Waals surface area contributed by atoms with Gasteiger partial charge in [-0.25, -0.2) is 0 Å². The molecule has 0 saturated heterocycles. The second-order valence-electron chi connectivity index (χ2n) is 6.53. The van der Waals surface area contributed by atoms with Gasteiger partial charge in [-0.2, -0.15) is 0 Å². The topological polar surface area (TPSA) is 70.8 Å². The highest BCUT2D eigenvalue weighted by molar-refractivity contribution is 9.10. The third-order valence-electron chi connectivity index (χ3n) is 4.70. The number of rotatable bonds is 6. The highest BCUT2D eigenvalue weighted by atomic mass is 79.9. The number of amides is 3. The van der Waals surface area contributed by atoms with Gasteiger partial charge in [-0.15, -0.1) is 0 Å². The van der Waals surface area contributed by atoms with Crippen LogP contribution in [0.15, 0.2) is 45.5 Å². The molecule has 1 saturated carbocycles. The third kappa shape index (κ3) is 3.19. The molecule has 3 amide bonds. The number of carbonyl (C=O) groups excluding carboxylic acids is 3. The number of fused-ring (bicyclic) bond motifs is 1. The van der Waals surface area contributed by atoms with Gasteiger partial charge in [-0.3, -0.25) is 19.3 Å². The maximum Gasteiger partial charge on any atom is 0.261 e. The Kier molecular flexibility index (Phi) is 4.40. The smallest absolute Gasteiger partial charge is 0.261 e. The number of halogens is 1. The molecule has 0 radical (unpaired) electrons. The largest absolute Gasteiger partial charge is 0.467 e. The second-order valence-corrected chi connectivity index (χ2v) is 7.45. The lowest BCUT2D eigenvalue weighted by Crippen LogP contribution is -2.37.